The van der Waals surface area contributed by atoms with Gasteiger partial charge in [-0.15, -0.1) is 0 Å². The molecule has 1 aliphatic heterocycles. The lowest BCUT2D eigenvalue weighted by atomic mass is 10.1. The molecular formula is C11H22N2O2. The van der Waals surface area contributed by atoms with E-state index in [1.165, 1.54) is 0 Å². The lowest BCUT2D eigenvalue weighted by molar-refractivity contribution is -0.159. The van der Waals surface area contributed by atoms with Crippen LogP contribution >= 0.6 is 0 Å². The maximum Gasteiger partial charge on any atom is 0.236 e. The molecule has 15 heavy (non-hydrogen) atoms. The molecule has 0 spiro atoms. The van der Waals surface area contributed by atoms with Crippen LogP contribution in [0.2, 0.25) is 0 Å². The summed E-state index contributed by atoms with van der Waals surface area (Å²) >= 11 is 0. The summed E-state index contributed by atoms with van der Waals surface area (Å²) in [4.78, 5) is 11.7. The summed E-state index contributed by atoms with van der Waals surface area (Å²) in [6.45, 7) is 8.14. The normalized spacial score (nSPS) is 21.1. The Balaban J connectivity index is 2.60. The predicted octanol–water partition coefficient (Wildman–Crippen LogP) is 0.863. The smallest absolute Gasteiger partial charge is 0.236 e. The number of aliphatic hydroxyl groups is 1. The fourth-order valence-electron chi connectivity index (χ4n) is 1.88. The highest BCUT2D eigenvalue weighted by molar-refractivity contribution is 5.76. The highest BCUT2D eigenvalue weighted by atomic mass is 16.3. The molecule has 0 bridgehead atoms. The van der Waals surface area contributed by atoms with Crippen LogP contribution in [0.3, 0.4) is 0 Å². The van der Waals surface area contributed by atoms with Crippen LogP contribution in [-0.2, 0) is 4.79 Å². The first-order chi connectivity index (χ1) is 7.00. The first-order valence-electron chi connectivity index (χ1n) is 5.74. The van der Waals surface area contributed by atoms with E-state index in [4.69, 9.17) is 0 Å². The predicted molar refractivity (Wildman–Crippen MR) is 59.0 cm³/mol. The van der Waals surface area contributed by atoms with Gasteiger partial charge in [-0.05, 0) is 19.3 Å². The second-order valence-corrected chi connectivity index (χ2v) is 4.73. The average molecular weight is 214 g/mol. The molecule has 0 saturated carbocycles. The zero-order valence-corrected chi connectivity index (χ0v) is 9.94. The van der Waals surface area contributed by atoms with Gasteiger partial charge in [-0.2, -0.15) is 0 Å². The van der Waals surface area contributed by atoms with Crippen LogP contribution in [0.1, 0.15) is 33.6 Å². The van der Waals surface area contributed by atoms with Gasteiger partial charge in [0.05, 0.1) is 6.10 Å². The number of nitrogens with zero attached hydrogens (tertiary/aromatic N) is 2. The van der Waals surface area contributed by atoms with Gasteiger partial charge < -0.3 is 5.11 Å². The van der Waals surface area contributed by atoms with Crippen molar-refractivity contribution in [1.82, 2.24) is 10.0 Å². The summed E-state index contributed by atoms with van der Waals surface area (Å²) in [6, 6.07) is 0. The van der Waals surface area contributed by atoms with E-state index in [9.17, 15) is 9.90 Å². The van der Waals surface area contributed by atoms with Gasteiger partial charge in [0, 0.05) is 26.1 Å². The second kappa shape index (κ2) is 5.47. The van der Waals surface area contributed by atoms with E-state index in [2.05, 4.69) is 13.8 Å². The Bertz CT molecular complexity index is 217. The van der Waals surface area contributed by atoms with Crippen LogP contribution in [0.5, 0.6) is 0 Å². The summed E-state index contributed by atoms with van der Waals surface area (Å²) in [5.74, 6) is 0.652. The molecule has 1 fully saturated rings. The molecule has 0 aliphatic carbocycles. The Hall–Kier alpha value is -0.610. The average Bonchev–Trinajstić information content (AvgIpc) is 2.09. The number of hydrazine groups is 1. The van der Waals surface area contributed by atoms with Crippen molar-refractivity contribution in [2.75, 3.05) is 19.6 Å². The molecule has 0 aromatic carbocycles. The quantitative estimate of drug-likeness (QED) is 0.755. The van der Waals surface area contributed by atoms with E-state index in [0.717, 1.165) is 19.5 Å². The van der Waals surface area contributed by atoms with Crippen LogP contribution in [0.4, 0.5) is 0 Å². The van der Waals surface area contributed by atoms with Crippen LogP contribution < -0.4 is 0 Å². The fourth-order valence-corrected chi connectivity index (χ4v) is 1.88. The van der Waals surface area contributed by atoms with Crippen molar-refractivity contribution in [3.63, 3.8) is 0 Å². The number of carbonyl (C=O) groups is 1. The minimum Gasteiger partial charge on any atom is -0.392 e. The minimum atomic E-state index is -0.384. The highest BCUT2D eigenvalue weighted by Crippen LogP contribution is 2.14. The summed E-state index contributed by atoms with van der Waals surface area (Å²) in [7, 11) is 0. The zero-order valence-electron chi connectivity index (χ0n) is 9.94. The Kier molecular flexibility index (Phi) is 4.54. The van der Waals surface area contributed by atoms with Gasteiger partial charge in [0.25, 0.3) is 0 Å². The molecular weight excluding hydrogens is 192 g/mol. The van der Waals surface area contributed by atoms with Crippen molar-refractivity contribution < 1.29 is 9.90 Å². The highest BCUT2D eigenvalue weighted by Gasteiger charge is 2.26. The summed E-state index contributed by atoms with van der Waals surface area (Å²) in [5.41, 5.74) is 0. The molecule has 88 valence electrons. The lowest BCUT2D eigenvalue weighted by Crippen LogP contribution is -2.53. The van der Waals surface area contributed by atoms with Crippen molar-refractivity contribution in [2.24, 2.45) is 5.92 Å². The van der Waals surface area contributed by atoms with Crippen molar-refractivity contribution in [1.29, 1.82) is 0 Å². The number of rotatable bonds is 4. The first-order valence-corrected chi connectivity index (χ1v) is 5.74. The number of hydrogen-bond acceptors (Lipinski definition) is 3. The molecule has 0 aromatic heterocycles. The number of aliphatic hydroxyl groups excluding tert-OH is 1. The van der Waals surface area contributed by atoms with E-state index in [-0.39, 0.29) is 12.0 Å². The lowest BCUT2D eigenvalue weighted by Gasteiger charge is -2.40. The van der Waals surface area contributed by atoms with Crippen molar-refractivity contribution >= 4 is 5.91 Å². The summed E-state index contributed by atoms with van der Waals surface area (Å²) in [5, 5.41) is 13.2. The molecule has 1 heterocycles. The van der Waals surface area contributed by atoms with Gasteiger partial charge in [0.1, 0.15) is 0 Å². The van der Waals surface area contributed by atoms with Crippen molar-refractivity contribution in [3.8, 4) is 0 Å². The van der Waals surface area contributed by atoms with Crippen molar-refractivity contribution in [3.05, 3.63) is 0 Å². The molecule has 4 heteroatoms. The van der Waals surface area contributed by atoms with Crippen LogP contribution in [0.15, 0.2) is 0 Å². The Morgan fingerprint density at radius 3 is 2.53 bits per heavy atom. The number of carbonyl (C=O) groups excluding carboxylic acids is 1. The molecule has 1 amide bonds. The monoisotopic (exact) mass is 214 g/mol. The van der Waals surface area contributed by atoms with Gasteiger partial charge in [0.15, 0.2) is 0 Å². The van der Waals surface area contributed by atoms with Gasteiger partial charge in [-0.3, -0.25) is 9.80 Å². The molecule has 0 aromatic rings. The maximum atomic E-state index is 11.7. The van der Waals surface area contributed by atoms with Crippen LogP contribution in [0.25, 0.3) is 0 Å². The van der Waals surface area contributed by atoms with E-state index < -0.39 is 0 Å². The number of β-amino-alcohol motifs (C(OH)–C–C–N with tert-alkyl or cyclic N) is 1. The number of amides is 1. The van der Waals surface area contributed by atoms with Gasteiger partial charge in [-0.1, -0.05) is 13.8 Å². The summed E-state index contributed by atoms with van der Waals surface area (Å²) in [6.07, 6.45) is 1.16. The Labute approximate surface area is 91.8 Å². The first kappa shape index (κ1) is 12.5. The van der Waals surface area contributed by atoms with Crippen LogP contribution in [-0.4, -0.2) is 46.8 Å². The molecule has 1 N–H and O–H groups in total. The Morgan fingerprint density at radius 1 is 1.33 bits per heavy atom. The van der Waals surface area contributed by atoms with Gasteiger partial charge in [-0.25, -0.2) is 5.01 Å². The molecule has 1 rings (SSSR count). The third-order valence-corrected chi connectivity index (χ3v) is 2.45. The standard InChI is InChI=1S/C11H22N2O2/c1-9(2)7-13-11(15)5-4-6-12(13)8-10(3)14/h9-10,14H,4-8H2,1-3H3. The largest absolute Gasteiger partial charge is 0.392 e. The van der Waals surface area contributed by atoms with E-state index in [0.29, 0.717) is 18.9 Å². The maximum absolute atomic E-state index is 11.7. The molecule has 1 atom stereocenters. The van der Waals surface area contributed by atoms with Crippen LogP contribution in [0, 0.1) is 5.92 Å². The zero-order chi connectivity index (χ0) is 11.4. The minimum absolute atomic E-state index is 0.190. The molecule has 1 aliphatic rings. The second-order valence-electron chi connectivity index (χ2n) is 4.73. The van der Waals surface area contributed by atoms with E-state index >= 15 is 0 Å². The third kappa shape index (κ3) is 3.80. The van der Waals surface area contributed by atoms with Gasteiger partial charge >= 0.3 is 0 Å². The van der Waals surface area contributed by atoms with E-state index in [1.54, 1.807) is 11.9 Å². The number of hydrogen-bond donors (Lipinski definition) is 1. The summed E-state index contributed by atoms with van der Waals surface area (Å²) < 4.78 is 0. The third-order valence-electron chi connectivity index (χ3n) is 2.45. The molecule has 0 radical (unpaired) electrons. The SMILES string of the molecule is CC(C)CN1C(=O)CCCN1CC(C)O. The fraction of sp³-hybridized carbons (Fsp3) is 0.909. The molecule has 1 saturated heterocycles. The Morgan fingerprint density at radius 2 is 2.00 bits per heavy atom. The molecule has 1 unspecified atom stereocenters. The topological polar surface area (TPSA) is 43.8 Å². The van der Waals surface area contributed by atoms with E-state index in [1.807, 2.05) is 5.01 Å². The molecule has 4 nitrogen and oxygen atoms in total. The van der Waals surface area contributed by atoms with Crippen molar-refractivity contribution in [2.45, 2.75) is 39.7 Å². The van der Waals surface area contributed by atoms with Gasteiger partial charge in [0.2, 0.25) is 5.91 Å².